The molecule has 0 aliphatic carbocycles. The lowest BCUT2D eigenvalue weighted by molar-refractivity contribution is -0.144. The number of benzene rings is 2. The van der Waals surface area contributed by atoms with Crippen LogP contribution in [0.15, 0.2) is 48.5 Å². The van der Waals surface area contributed by atoms with Gasteiger partial charge in [0.25, 0.3) is 0 Å². The van der Waals surface area contributed by atoms with Gasteiger partial charge >= 0.3 is 5.97 Å². The summed E-state index contributed by atoms with van der Waals surface area (Å²) in [7, 11) is 0. The predicted molar refractivity (Wildman–Crippen MR) is 100 cm³/mol. The first-order valence-corrected chi connectivity index (χ1v) is 8.88. The fourth-order valence-electron chi connectivity index (χ4n) is 2.38. The van der Waals surface area contributed by atoms with Crippen LogP contribution >= 0.6 is 11.6 Å². The summed E-state index contributed by atoms with van der Waals surface area (Å²) in [5.41, 5.74) is 0.770. The van der Waals surface area contributed by atoms with Gasteiger partial charge in [-0.25, -0.2) is 4.39 Å². The van der Waals surface area contributed by atoms with Crippen LogP contribution < -0.4 is 10.1 Å². The molecule has 2 aromatic carbocycles. The molecule has 0 heterocycles. The van der Waals surface area contributed by atoms with E-state index in [4.69, 9.17) is 21.1 Å². The van der Waals surface area contributed by atoms with Crippen LogP contribution in [-0.2, 0) is 14.3 Å². The molecule has 0 saturated heterocycles. The van der Waals surface area contributed by atoms with Crippen LogP contribution in [0.3, 0.4) is 0 Å². The molecule has 0 bridgehead atoms. The Morgan fingerprint density at radius 3 is 2.37 bits per heavy atom. The topological polar surface area (TPSA) is 64.6 Å². The van der Waals surface area contributed by atoms with Gasteiger partial charge in [0, 0.05) is 18.4 Å². The van der Waals surface area contributed by atoms with Crippen LogP contribution in [0, 0.1) is 5.82 Å². The number of amides is 1. The van der Waals surface area contributed by atoms with Crippen LogP contribution in [0.1, 0.15) is 31.4 Å². The van der Waals surface area contributed by atoms with E-state index in [1.807, 2.05) is 0 Å². The Morgan fingerprint density at radius 2 is 1.74 bits per heavy atom. The first-order valence-electron chi connectivity index (χ1n) is 8.50. The molecule has 0 aromatic heterocycles. The Hall–Kier alpha value is -2.60. The summed E-state index contributed by atoms with van der Waals surface area (Å²) in [6.07, 6.45) is 0.509. The second kappa shape index (κ2) is 10.5. The second-order valence-electron chi connectivity index (χ2n) is 5.89. The second-order valence-corrected chi connectivity index (χ2v) is 6.32. The molecule has 1 atom stereocenters. The van der Waals surface area contributed by atoms with E-state index in [1.165, 1.54) is 31.2 Å². The van der Waals surface area contributed by atoms with Gasteiger partial charge in [-0.15, -0.1) is 0 Å². The van der Waals surface area contributed by atoms with Gasteiger partial charge in [-0.3, -0.25) is 9.59 Å². The molecule has 0 saturated carbocycles. The highest BCUT2D eigenvalue weighted by molar-refractivity contribution is 6.30. The number of carbonyl (C=O) groups excluding carboxylic acids is 2. The molecule has 2 rings (SSSR count). The fourth-order valence-corrected chi connectivity index (χ4v) is 2.51. The maximum atomic E-state index is 12.8. The minimum atomic E-state index is -0.484. The third-order valence-electron chi connectivity index (χ3n) is 3.65. The summed E-state index contributed by atoms with van der Waals surface area (Å²) in [4.78, 5) is 23.5. The summed E-state index contributed by atoms with van der Waals surface area (Å²) in [6, 6.07) is 12.1. The molecule has 0 spiro atoms. The Morgan fingerprint density at radius 1 is 1.07 bits per heavy atom. The van der Waals surface area contributed by atoms with E-state index in [-0.39, 0.29) is 24.8 Å². The van der Waals surface area contributed by atoms with E-state index in [1.54, 1.807) is 24.3 Å². The molecule has 2 aromatic rings. The van der Waals surface area contributed by atoms with E-state index >= 15 is 0 Å². The number of esters is 1. The number of nitrogens with one attached hydrogen (secondary N) is 1. The fraction of sp³-hybridized carbons (Fsp3) is 0.300. The van der Waals surface area contributed by atoms with Gasteiger partial charge in [0.1, 0.15) is 11.6 Å². The van der Waals surface area contributed by atoms with Crippen molar-refractivity contribution >= 4 is 23.5 Å². The first-order chi connectivity index (χ1) is 12.9. The zero-order chi connectivity index (χ0) is 19.6. The van der Waals surface area contributed by atoms with Gasteiger partial charge in [0.05, 0.1) is 25.7 Å². The molecule has 1 N–H and O–H groups in total. The highest BCUT2D eigenvalue weighted by Gasteiger charge is 2.18. The van der Waals surface area contributed by atoms with E-state index in [9.17, 15) is 14.0 Å². The number of carbonyl (C=O) groups is 2. The van der Waals surface area contributed by atoms with Crippen molar-refractivity contribution < 1.29 is 23.5 Å². The monoisotopic (exact) mass is 393 g/mol. The molecule has 1 amide bonds. The van der Waals surface area contributed by atoms with Crippen LogP contribution in [-0.4, -0.2) is 25.1 Å². The molecule has 144 valence electrons. The smallest absolute Gasteiger partial charge is 0.308 e. The number of halogens is 2. The van der Waals surface area contributed by atoms with Crippen molar-refractivity contribution in [3.63, 3.8) is 0 Å². The average molecular weight is 394 g/mol. The Bertz CT molecular complexity index is 750. The first kappa shape index (κ1) is 20.7. The van der Waals surface area contributed by atoms with Gasteiger partial charge < -0.3 is 14.8 Å². The zero-order valence-electron chi connectivity index (χ0n) is 14.9. The van der Waals surface area contributed by atoms with Crippen molar-refractivity contribution in [2.24, 2.45) is 0 Å². The highest BCUT2D eigenvalue weighted by Crippen LogP contribution is 2.20. The van der Waals surface area contributed by atoms with Crippen molar-refractivity contribution in [1.82, 2.24) is 5.32 Å². The molecule has 0 fully saturated rings. The minimum Gasteiger partial charge on any atom is -0.493 e. The molecule has 0 aliphatic rings. The lowest BCUT2D eigenvalue weighted by Crippen LogP contribution is -2.28. The molecule has 5 nitrogen and oxygen atoms in total. The molecular weight excluding hydrogens is 373 g/mol. The van der Waals surface area contributed by atoms with Crippen molar-refractivity contribution in [3.8, 4) is 5.75 Å². The van der Waals surface area contributed by atoms with Gasteiger partial charge in [0.15, 0.2) is 0 Å². The Balaban J connectivity index is 1.75. The van der Waals surface area contributed by atoms with Crippen LogP contribution in [0.2, 0.25) is 5.02 Å². The summed E-state index contributed by atoms with van der Waals surface area (Å²) >= 11 is 5.87. The van der Waals surface area contributed by atoms with Crippen molar-refractivity contribution in [1.29, 1.82) is 0 Å². The van der Waals surface area contributed by atoms with Crippen LogP contribution in [0.25, 0.3) is 0 Å². The van der Waals surface area contributed by atoms with Crippen LogP contribution in [0.4, 0.5) is 4.39 Å². The third kappa shape index (κ3) is 7.66. The van der Waals surface area contributed by atoms with Crippen molar-refractivity contribution in [2.75, 3.05) is 13.2 Å². The van der Waals surface area contributed by atoms with E-state index in [2.05, 4.69) is 5.32 Å². The van der Waals surface area contributed by atoms with Crippen LogP contribution in [0.5, 0.6) is 5.75 Å². The van der Waals surface area contributed by atoms with Gasteiger partial charge in [-0.05, 0) is 42.0 Å². The summed E-state index contributed by atoms with van der Waals surface area (Å²) in [5, 5.41) is 3.31. The highest BCUT2D eigenvalue weighted by atomic mass is 35.5. The summed E-state index contributed by atoms with van der Waals surface area (Å²) < 4.78 is 23.4. The lowest BCUT2D eigenvalue weighted by Gasteiger charge is -2.18. The van der Waals surface area contributed by atoms with Crippen molar-refractivity contribution in [3.05, 3.63) is 64.9 Å². The maximum Gasteiger partial charge on any atom is 0.308 e. The molecule has 0 radical (unpaired) electrons. The SMILES string of the molecule is CC(=O)NC(CC(=O)OCCCOc1ccc(F)cc1)c1ccc(Cl)cc1. The standard InChI is InChI=1S/C20H21ClFNO4/c1-14(24)23-19(15-3-5-16(21)6-4-15)13-20(25)27-12-2-11-26-18-9-7-17(22)8-10-18/h3-10,19H,2,11-13H2,1H3,(H,23,24). The van der Waals surface area contributed by atoms with Gasteiger partial charge in [-0.1, -0.05) is 23.7 Å². The number of hydrogen-bond acceptors (Lipinski definition) is 4. The van der Waals surface area contributed by atoms with E-state index in [0.717, 1.165) is 5.56 Å². The number of ether oxygens (including phenoxy) is 2. The lowest BCUT2D eigenvalue weighted by atomic mass is 10.0. The van der Waals surface area contributed by atoms with Gasteiger partial charge in [0.2, 0.25) is 5.91 Å². The largest absolute Gasteiger partial charge is 0.493 e. The normalized spacial score (nSPS) is 11.5. The maximum absolute atomic E-state index is 12.8. The quantitative estimate of drug-likeness (QED) is 0.515. The summed E-state index contributed by atoms with van der Waals surface area (Å²) in [6.45, 7) is 1.92. The molecule has 1 unspecified atom stereocenters. The average Bonchev–Trinajstić information content (AvgIpc) is 2.63. The summed E-state index contributed by atoms with van der Waals surface area (Å²) in [5.74, 6) is -0.442. The third-order valence-corrected chi connectivity index (χ3v) is 3.91. The number of hydrogen-bond donors (Lipinski definition) is 1. The zero-order valence-corrected chi connectivity index (χ0v) is 15.7. The van der Waals surface area contributed by atoms with Gasteiger partial charge in [-0.2, -0.15) is 0 Å². The van der Waals surface area contributed by atoms with Crippen molar-refractivity contribution in [2.45, 2.75) is 25.8 Å². The molecule has 27 heavy (non-hydrogen) atoms. The minimum absolute atomic E-state index is 0.0139. The number of rotatable bonds is 9. The Kier molecular flexibility index (Phi) is 8.07. The van der Waals surface area contributed by atoms with E-state index < -0.39 is 12.0 Å². The molecular formula is C20H21ClFNO4. The molecule has 0 aliphatic heterocycles. The van der Waals surface area contributed by atoms with E-state index in [0.29, 0.717) is 23.8 Å². The predicted octanol–water partition coefficient (Wildman–Crippen LogP) is 4.06. The Labute approximate surface area is 162 Å². The molecule has 7 heteroatoms.